The van der Waals surface area contributed by atoms with E-state index in [1.807, 2.05) is 30.3 Å². The molecule has 2 rings (SSSR count). The molecule has 0 spiro atoms. The molecule has 104 valence electrons. The van der Waals surface area contributed by atoms with Crippen molar-refractivity contribution in [1.29, 1.82) is 0 Å². The van der Waals surface area contributed by atoms with E-state index in [2.05, 4.69) is 0 Å². The normalized spacial score (nSPS) is 18.3. The second-order valence-corrected chi connectivity index (χ2v) is 6.60. The molecule has 6 nitrogen and oxygen atoms in total. The molecule has 1 saturated heterocycles. The molecule has 1 fully saturated rings. The first-order valence-corrected chi connectivity index (χ1v) is 7.74. The van der Waals surface area contributed by atoms with Crippen LogP contribution in [-0.4, -0.2) is 36.6 Å². The summed E-state index contributed by atoms with van der Waals surface area (Å²) in [5.41, 5.74) is 1.20. The van der Waals surface area contributed by atoms with Gasteiger partial charge in [-0.25, -0.2) is 8.42 Å². The summed E-state index contributed by atoms with van der Waals surface area (Å²) < 4.78 is 24.7. The summed E-state index contributed by atoms with van der Waals surface area (Å²) in [7, 11) is -3.75. The Morgan fingerprint density at radius 1 is 1.21 bits per heavy atom. The van der Waals surface area contributed by atoms with Gasteiger partial charge in [-0.2, -0.15) is 4.31 Å². The third-order valence-corrected chi connectivity index (χ3v) is 5.08. The molecule has 1 aliphatic heterocycles. The van der Waals surface area contributed by atoms with Gasteiger partial charge in [0.25, 0.3) is 10.0 Å². The Hall–Kier alpha value is -1.47. The molecule has 1 aromatic carbocycles. The van der Waals surface area contributed by atoms with Gasteiger partial charge in [-0.1, -0.05) is 30.3 Å². The summed E-state index contributed by atoms with van der Waals surface area (Å²) in [5, 5.41) is 10.3. The Morgan fingerprint density at radius 3 is 2.32 bits per heavy atom. The summed E-state index contributed by atoms with van der Waals surface area (Å²) in [5.74, 6) is -0.675. The van der Waals surface area contributed by atoms with Crippen molar-refractivity contribution in [3.8, 4) is 0 Å². The SMILES string of the molecule is O=[N+]([O-])CS(=O)(=O)N1CCC(c2ccccc2)CC1. The summed E-state index contributed by atoms with van der Waals surface area (Å²) in [6, 6.07) is 9.94. The van der Waals surface area contributed by atoms with Gasteiger partial charge in [-0.05, 0) is 24.3 Å². The van der Waals surface area contributed by atoms with E-state index in [4.69, 9.17) is 0 Å². The van der Waals surface area contributed by atoms with E-state index in [1.54, 1.807) is 0 Å². The first-order chi connectivity index (χ1) is 8.99. The first-order valence-electron chi connectivity index (χ1n) is 6.13. The Labute approximate surface area is 112 Å². The molecule has 1 aromatic rings. The van der Waals surface area contributed by atoms with Crippen LogP contribution in [-0.2, 0) is 10.0 Å². The van der Waals surface area contributed by atoms with Crippen LogP contribution in [0.15, 0.2) is 30.3 Å². The van der Waals surface area contributed by atoms with Crippen molar-refractivity contribution in [2.24, 2.45) is 0 Å². The van der Waals surface area contributed by atoms with Crippen molar-refractivity contribution in [3.05, 3.63) is 46.0 Å². The van der Waals surface area contributed by atoms with E-state index in [0.29, 0.717) is 31.8 Å². The Kier molecular flexibility index (Phi) is 4.16. The zero-order valence-corrected chi connectivity index (χ0v) is 11.3. The van der Waals surface area contributed by atoms with Crippen LogP contribution in [0.2, 0.25) is 0 Å². The summed E-state index contributed by atoms with van der Waals surface area (Å²) in [6.07, 6.45) is 1.42. The predicted molar refractivity (Wildman–Crippen MR) is 70.8 cm³/mol. The molecule has 0 atom stereocenters. The van der Waals surface area contributed by atoms with Gasteiger partial charge in [0.15, 0.2) is 0 Å². The van der Waals surface area contributed by atoms with E-state index < -0.39 is 20.8 Å². The van der Waals surface area contributed by atoms with Gasteiger partial charge in [-0.3, -0.25) is 10.1 Å². The zero-order chi connectivity index (χ0) is 13.9. The largest absolute Gasteiger partial charge is 0.315 e. The van der Waals surface area contributed by atoms with Crippen LogP contribution in [0.3, 0.4) is 0 Å². The molecular weight excluding hydrogens is 268 g/mol. The van der Waals surface area contributed by atoms with Gasteiger partial charge in [0, 0.05) is 18.0 Å². The fourth-order valence-electron chi connectivity index (χ4n) is 2.41. The number of nitrogens with zero attached hydrogens (tertiary/aromatic N) is 2. The van der Waals surface area contributed by atoms with E-state index in [1.165, 1.54) is 9.87 Å². The van der Waals surface area contributed by atoms with Crippen molar-refractivity contribution in [1.82, 2.24) is 4.31 Å². The summed E-state index contributed by atoms with van der Waals surface area (Å²) in [6.45, 7) is 0.714. The molecule has 0 unspecified atom stereocenters. The van der Waals surface area contributed by atoms with Crippen LogP contribution in [0.4, 0.5) is 0 Å². The highest BCUT2D eigenvalue weighted by Gasteiger charge is 2.31. The number of sulfonamides is 1. The molecule has 0 aliphatic carbocycles. The number of benzene rings is 1. The van der Waals surface area contributed by atoms with E-state index in [0.717, 1.165) is 0 Å². The molecule has 0 saturated carbocycles. The first kappa shape index (κ1) is 14.0. The average Bonchev–Trinajstić information content (AvgIpc) is 2.38. The Morgan fingerprint density at radius 2 is 1.79 bits per heavy atom. The summed E-state index contributed by atoms with van der Waals surface area (Å²) in [4.78, 5) is 9.55. The smallest absolute Gasteiger partial charge is 0.263 e. The number of hydrogen-bond donors (Lipinski definition) is 0. The molecule has 1 aliphatic rings. The third kappa shape index (κ3) is 3.51. The van der Waals surface area contributed by atoms with E-state index in [9.17, 15) is 18.5 Å². The highest BCUT2D eigenvalue weighted by molar-refractivity contribution is 7.88. The van der Waals surface area contributed by atoms with Crippen molar-refractivity contribution < 1.29 is 13.3 Å². The molecule has 0 radical (unpaired) electrons. The second-order valence-electron chi connectivity index (χ2n) is 4.66. The minimum absolute atomic E-state index is 0.336. The topological polar surface area (TPSA) is 80.5 Å². The molecule has 0 bridgehead atoms. The fourth-order valence-corrected chi connectivity index (χ4v) is 3.60. The molecule has 19 heavy (non-hydrogen) atoms. The van der Waals surface area contributed by atoms with Crippen LogP contribution in [0, 0.1) is 10.1 Å². The van der Waals surface area contributed by atoms with Gasteiger partial charge in [0.2, 0.25) is 0 Å². The van der Waals surface area contributed by atoms with E-state index in [-0.39, 0.29) is 0 Å². The number of rotatable bonds is 4. The van der Waals surface area contributed by atoms with Crippen LogP contribution in [0.5, 0.6) is 0 Å². The molecule has 7 heteroatoms. The summed E-state index contributed by atoms with van der Waals surface area (Å²) >= 11 is 0. The van der Waals surface area contributed by atoms with Crippen molar-refractivity contribution in [3.63, 3.8) is 0 Å². The lowest BCUT2D eigenvalue weighted by Gasteiger charge is -2.30. The lowest BCUT2D eigenvalue weighted by atomic mass is 9.90. The maximum atomic E-state index is 11.7. The Bertz CT molecular complexity index is 536. The number of piperidine rings is 1. The molecular formula is C12H16N2O4S. The quantitative estimate of drug-likeness (QED) is 0.618. The van der Waals surface area contributed by atoms with Crippen LogP contribution < -0.4 is 0 Å². The minimum atomic E-state index is -3.75. The van der Waals surface area contributed by atoms with E-state index >= 15 is 0 Å². The molecule has 0 amide bonds. The van der Waals surface area contributed by atoms with Crippen LogP contribution in [0.1, 0.15) is 24.3 Å². The minimum Gasteiger partial charge on any atom is -0.263 e. The Balaban J connectivity index is 1.98. The molecule has 0 aromatic heterocycles. The maximum absolute atomic E-state index is 11.7. The zero-order valence-electron chi connectivity index (χ0n) is 10.4. The number of nitro groups is 1. The second kappa shape index (κ2) is 5.66. The molecule has 1 heterocycles. The van der Waals surface area contributed by atoms with Gasteiger partial charge in [-0.15, -0.1) is 0 Å². The fraction of sp³-hybridized carbons (Fsp3) is 0.500. The van der Waals surface area contributed by atoms with Gasteiger partial charge in [0.05, 0.1) is 0 Å². The van der Waals surface area contributed by atoms with Crippen molar-refractivity contribution >= 4 is 10.0 Å². The predicted octanol–water partition coefficient (Wildman–Crippen LogP) is 1.43. The lowest BCUT2D eigenvalue weighted by molar-refractivity contribution is -0.459. The third-order valence-electron chi connectivity index (χ3n) is 3.39. The highest BCUT2D eigenvalue weighted by Crippen LogP contribution is 2.28. The lowest BCUT2D eigenvalue weighted by Crippen LogP contribution is -2.40. The standard InChI is InChI=1S/C12H16N2O4S/c15-14(16)10-19(17,18)13-8-6-12(7-9-13)11-4-2-1-3-5-11/h1-5,12H,6-10H2. The average molecular weight is 284 g/mol. The van der Waals surface area contributed by atoms with Gasteiger partial charge < -0.3 is 0 Å². The van der Waals surface area contributed by atoms with Crippen LogP contribution >= 0.6 is 0 Å². The highest BCUT2D eigenvalue weighted by atomic mass is 32.2. The van der Waals surface area contributed by atoms with Gasteiger partial charge >= 0.3 is 5.88 Å². The van der Waals surface area contributed by atoms with Crippen molar-refractivity contribution in [2.75, 3.05) is 19.0 Å². The van der Waals surface area contributed by atoms with Crippen LogP contribution in [0.25, 0.3) is 0 Å². The monoisotopic (exact) mass is 284 g/mol. The maximum Gasteiger partial charge on any atom is 0.315 e. The van der Waals surface area contributed by atoms with Crippen molar-refractivity contribution in [2.45, 2.75) is 18.8 Å². The van der Waals surface area contributed by atoms with Gasteiger partial charge in [0.1, 0.15) is 0 Å². The molecule has 0 N–H and O–H groups in total. The number of hydrogen-bond acceptors (Lipinski definition) is 4.